The number of benzene rings is 2. The molecule has 29 heavy (non-hydrogen) atoms. The summed E-state index contributed by atoms with van der Waals surface area (Å²) in [6, 6.07) is 13.9. The van der Waals surface area contributed by atoms with Gasteiger partial charge in [-0.3, -0.25) is 19.4 Å². The van der Waals surface area contributed by atoms with Crippen molar-refractivity contribution in [3.05, 3.63) is 64.9 Å². The molecule has 0 spiro atoms. The molecule has 2 aromatic carbocycles. The Balaban J connectivity index is 1.35. The van der Waals surface area contributed by atoms with Crippen LogP contribution in [0, 0.1) is 5.82 Å². The summed E-state index contributed by atoms with van der Waals surface area (Å²) in [6.07, 6.45) is 0. The van der Waals surface area contributed by atoms with Crippen LogP contribution in [0.4, 0.5) is 10.1 Å². The Morgan fingerprint density at radius 3 is 2.17 bits per heavy atom. The first-order chi connectivity index (χ1) is 14.0. The molecule has 0 unspecified atom stereocenters. The van der Waals surface area contributed by atoms with E-state index in [9.17, 15) is 14.0 Å². The molecular weight excluding hydrogens is 395 g/mol. The molecule has 0 aliphatic carbocycles. The van der Waals surface area contributed by atoms with Gasteiger partial charge >= 0.3 is 0 Å². The largest absolute Gasteiger partial charge is 0.351 e. The molecule has 0 saturated carbocycles. The summed E-state index contributed by atoms with van der Waals surface area (Å²) in [5.41, 5.74) is 1.54. The Bertz CT molecular complexity index is 842. The average Bonchev–Trinajstić information content (AvgIpc) is 2.71. The maximum Gasteiger partial charge on any atom is 0.238 e. The Morgan fingerprint density at radius 2 is 1.55 bits per heavy atom. The van der Waals surface area contributed by atoms with Gasteiger partial charge in [0.1, 0.15) is 5.82 Å². The van der Waals surface area contributed by atoms with Gasteiger partial charge in [-0.05, 0) is 23.8 Å². The highest BCUT2D eigenvalue weighted by Crippen LogP contribution is 2.19. The van der Waals surface area contributed by atoms with E-state index in [0.29, 0.717) is 45.0 Å². The molecule has 2 amide bonds. The number of halogens is 2. The summed E-state index contributed by atoms with van der Waals surface area (Å²) in [7, 11) is 0. The second-order valence-electron chi connectivity index (χ2n) is 6.99. The van der Waals surface area contributed by atoms with Crippen LogP contribution in [-0.2, 0) is 16.1 Å². The van der Waals surface area contributed by atoms with Gasteiger partial charge in [-0.15, -0.1) is 0 Å². The minimum absolute atomic E-state index is 0.00626. The standard InChI is InChI=1S/C21H24ClFN4O2/c22-18-12-17(6-7-19(18)23)25-21(29)15-27-10-8-26(9-11-27)14-20(28)24-13-16-4-2-1-3-5-16/h1-7,12H,8-11,13-15H2,(H,24,28)(H,25,29). The highest BCUT2D eigenvalue weighted by atomic mass is 35.5. The molecule has 2 N–H and O–H groups in total. The fourth-order valence-electron chi connectivity index (χ4n) is 3.14. The van der Waals surface area contributed by atoms with E-state index in [1.807, 2.05) is 35.2 Å². The number of amides is 2. The van der Waals surface area contributed by atoms with Crippen molar-refractivity contribution in [2.24, 2.45) is 0 Å². The molecule has 154 valence electrons. The molecule has 0 radical (unpaired) electrons. The van der Waals surface area contributed by atoms with Crippen LogP contribution < -0.4 is 10.6 Å². The molecule has 2 aromatic rings. The Kier molecular flexibility index (Phi) is 7.57. The van der Waals surface area contributed by atoms with Gasteiger partial charge in [0.15, 0.2) is 0 Å². The van der Waals surface area contributed by atoms with Crippen molar-refractivity contribution in [1.82, 2.24) is 15.1 Å². The van der Waals surface area contributed by atoms with Crippen molar-refractivity contribution in [3.63, 3.8) is 0 Å². The number of hydrogen-bond donors (Lipinski definition) is 2. The quantitative estimate of drug-likeness (QED) is 0.724. The fraction of sp³-hybridized carbons (Fsp3) is 0.333. The van der Waals surface area contributed by atoms with Gasteiger partial charge in [0.25, 0.3) is 0 Å². The number of anilines is 1. The van der Waals surface area contributed by atoms with E-state index in [1.54, 1.807) is 0 Å². The minimum Gasteiger partial charge on any atom is -0.351 e. The zero-order valence-electron chi connectivity index (χ0n) is 16.0. The summed E-state index contributed by atoms with van der Waals surface area (Å²) in [5.74, 6) is -0.705. The number of carbonyl (C=O) groups excluding carboxylic acids is 2. The maximum absolute atomic E-state index is 13.2. The molecular formula is C21H24ClFN4O2. The van der Waals surface area contributed by atoms with Crippen LogP contribution in [0.2, 0.25) is 5.02 Å². The van der Waals surface area contributed by atoms with Crippen molar-refractivity contribution in [2.75, 3.05) is 44.6 Å². The van der Waals surface area contributed by atoms with Crippen molar-refractivity contribution in [3.8, 4) is 0 Å². The summed E-state index contributed by atoms with van der Waals surface area (Å²) < 4.78 is 13.2. The van der Waals surface area contributed by atoms with Gasteiger partial charge in [-0.2, -0.15) is 0 Å². The molecule has 0 aromatic heterocycles. The predicted octanol–water partition coefficient (Wildman–Crippen LogP) is 2.35. The average molecular weight is 419 g/mol. The van der Waals surface area contributed by atoms with E-state index in [0.717, 1.165) is 5.56 Å². The van der Waals surface area contributed by atoms with Crippen molar-refractivity contribution >= 4 is 29.1 Å². The number of hydrogen-bond acceptors (Lipinski definition) is 4. The van der Waals surface area contributed by atoms with E-state index in [2.05, 4.69) is 15.5 Å². The van der Waals surface area contributed by atoms with Gasteiger partial charge in [0.2, 0.25) is 11.8 Å². The summed E-state index contributed by atoms with van der Waals surface area (Å²) >= 11 is 5.73. The third kappa shape index (κ3) is 6.81. The molecule has 1 heterocycles. The SMILES string of the molecule is O=C(CN1CCN(CC(=O)Nc2ccc(F)c(Cl)c2)CC1)NCc1ccccc1. The first kappa shape index (κ1) is 21.2. The van der Waals surface area contributed by atoms with E-state index in [-0.39, 0.29) is 23.4 Å². The topological polar surface area (TPSA) is 64.7 Å². The van der Waals surface area contributed by atoms with Crippen molar-refractivity contribution in [1.29, 1.82) is 0 Å². The van der Waals surface area contributed by atoms with Gasteiger partial charge < -0.3 is 10.6 Å². The monoisotopic (exact) mass is 418 g/mol. The normalized spacial score (nSPS) is 15.1. The molecule has 3 rings (SSSR count). The number of nitrogens with zero attached hydrogens (tertiary/aromatic N) is 2. The zero-order chi connectivity index (χ0) is 20.6. The Labute approximate surface area is 174 Å². The fourth-order valence-corrected chi connectivity index (χ4v) is 3.32. The Morgan fingerprint density at radius 1 is 0.931 bits per heavy atom. The predicted molar refractivity (Wildman–Crippen MR) is 111 cm³/mol. The molecule has 1 aliphatic heterocycles. The first-order valence-corrected chi connectivity index (χ1v) is 9.87. The molecule has 0 bridgehead atoms. The van der Waals surface area contributed by atoms with Crippen molar-refractivity contribution < 1.29 is 14.0 Å². The van der Waals surface area contributed by atoms with Crippen LogP contribution in [0.25, 0.3) is 0 Å². The lowest BCUT2D eigenvalue weighted by atomic mass is 10.2. The first-order valence-electron chi connectivity index (χ1n) is 9.50. The van der Waals surface area contributed by atoms with E-state index in [4.69, 9.17) is 11.6 Å². The molecule has 1 saturated heterocycles. The van der Waals surface area contributed by atoms with Gasteiger partial charge in [0, 0.05) is 38.4 Å². The number of carbonyl (C=O) groups is 2. The van der Waals surface area contributed by atoms with E-state index < -0.39 is 5.82 Å². The van der Waals surface area contributed by atoms with Crippen LogP contribution in [0.1, 0.15) is 5.56 Å². The van der Waals surface area contributed by atoms with Crippen LogP contribution in [0.15, 0.2) is 48.5 Å². The van der Waals surface area contributed by atoms with Crippen LogP contribution in [-0.4, -0.2) is 60.9 Å². The summed E-state index contributed by atoms with van der Waals surface area (Å²) in [5, 5.41) is 5.63. The van der Waals surface area contributed by atoms with Gasteiger partial charge in [-0.1, -0.05) is 41.9 Å². The molecule has 1 fully saturated rings. The van der Waals surface area contributed by atoms with Gasteiger partial charge in [-0.25, -0.2) is 4.39 Å². The lowest BCUT2D eigenvalue weighted by molar-refractivity contribution is -0.123. The van der Waals surface area contributed by atoms with Crippen molar-refractivity contribution in [2.45, 2.75) is 6.54 Å². The van der Waals surface area contributed by atoms with E-state index in [1.165, 1.54) is 18.2 Å². The van der Waals surface area contributed by atoms with Gasteiger partial charge in [0.05, 0.1) is 18.1 Å². The highest BCUT2D eigenvalue weighted by molar-refractivity contribution is 6.31. The minimum atomic E-state index is -0.520. The van der Waals surface area contributed by atoms with Crippen LogP contribution in [0.3, 0.4) is 0 Å². The smallest absolute Gasteiger partial charge is 0.238 e. The third-order valence-corrected chi connectivity index (χ3v) is 5.02. The second-order valence-corrected chi connectivity index (χ2v) is 7.40. The molecule has 0 atom stereocenters. The lowest BCUT2D eigenvalue weighted by Crippen LogP contribution is -2.50. The number of nitrogens with one attached hydrogen (secondary N) is 2. The number of piperazine rings is 1. The Hall–Kier alpha value is -2.48. The lowest BCUT2D eigenvalue weighted by Gasteiger charge is -2.33. The molecule has 1 aliphatic rings. The van der Waals surface area contributed by atoms with E-state index >= 15 is 0 Å². The summed E-state index contributed by atoms with van der Waals surface area (Å²) in [4.78, 5) is 28.4. The van der Waals surface area contributed by atoms with Crippen LogP contribution in [0.5, 0.6) is 0 Å². The molecule has 6 nitrogen and oxygen atoms in total. The van der Waals surface area contributed by atoms with Crippen LogP contribution >= 0.6 is 11.6 Å². The third-order valence-electron chi connectivity index (χ3n) is 4.74. The zero-order valence-corrected chi connectivity index (χ0v) is 16.8. The maximum atomic E-state index is 13.2. The highest BCUT2D eigenvalue weighted by Gasteiger charge is 2.20. The summed E-state index contributed by atoms with van der Waals surface area (Å²) in [6.45, 7) is 3.94. The number of rotatable bonds is 7. The second kappa shape index (κ2) is 10.3. The molecule has 8 heteroatoms.